The second-order valence-electron chi connectivity index (χ2n) is 4.55. The van der Waals surface area contributed by atoms with Crippen molar-refractivity contribution in [2.24, 2.45) is 5.92 Å². The first kappa shape index (κ1) is 13.5. The second kappa shape index (κ2) is 5.01. The van der Waals surface area contributed by atoms with Gasteiger partial charge in [0.05, 0.1) is 4.92 Å². The van der Waals surface area contributed by atoms with Gasteiger partial charge in [0.15, 0.2) is 0 Å². The Labute approximate surface area is 115 Å². The van der Waals surface area contributed by atoms with Crippen molar-refractivity contribution < 1.29 is 9.72 Å². The second-order valence-corrected chi connectivity index (χ2v) is 4.99. The Morgan fingerprint density at radius 2 is 2.26 bits per heavy atom. The highest BCUT2D eigenvalue weighted by Crippen LogP contribution is 2.38. The maximum Gasteiger partial charge on any atom is 0.294 e. The molecule has 1 atom stereocenters. The van der Waals surface area contributed by atoms with E-state index in [0.29, 0.717) is 29.2 Å². The predicted octanol–water partition coefficient (Wildman–Crippen LogP) is 3.10. The van der Waals surface area contributed by atoms with E-state index in [9.17, 15) is 14.9 Å². The maximum atomic E-state index is 12.0. The number of amides is 1. The normalized spacial score (nSPS) is 18.7. The van der Waals surface area contributed by atoms with Gasteiger partial charge in [0, 0.05) is 30.0 Å². The lowest BCUT2D eigenvalue weighted by molar-refractivity contribution is -0.384. The maximum absolute atomic E-state index is 12.0. The Balaban J connectivity index is 2.53. The molecule has 0 aliphatic carbocycles. The monoisotopic (exact) mass is 280 g/mol. The van der Waals surface area contributed by atoms with Gasteiger partial charge in [-0.15, -0.1) is 6.58 Å². The number of carbonyl (C=O) groups is 1. The van der Waals surface area contributed by atoms with Gasteiger partial charge in [-0.05, 0) is 18.6 Å². The minimum atomic E-state index is -0.511. The summed E-state index contributed by atoms with van der Waals surface area (Å²) in [5.74, 6) is -0.0967. The minimum Gasteiger partial charge on any atom is -0.306 e. The van der Waals surface area contributed by atoms with Crippen molar-refractivity contribution in [3.05, 3.63) is 45.5 Å². The van der Waals surface area contributed by atoms with E-state index >= 15 is 0 Å². The molecule has 6 heteroatoms. The van der Waals surface area contributed by atoms with E-state index in [-0.39, 0.29) is 17.5 Å². The summed E-state index contributed by atoms with van der Waals surface area (Å²) in [5.41, 5.74) is 0.823. The molecule has 2 rings (SSSR count). The van der Waals surface area contributed by atoms with Gasteiger partial charge in [-0.3, -0.25) is 14.9 Å². The van der Waals surface area contributed by atoms with Crippen LogP contribution < -0.4 is 4.90 Å². The van der Waals surface area contributed by atoms with Crippen molar-refractivity contribution in [1.82, 2.24) is 0 Å². The average Bonchev–Trinajstić information content (AvgIpc) is 2.69. The molecule has 1 unspecified atom stereocenters. The molecule has 1 heterocycles. The molecule has 5 nitrogen and oxygen atoms in total. The molecule has 100 valence electrons. The lowest BCUT2D eigenvalue weighted by Gasteiger charge is -2.18. The zero-order valence-corrected chi connectivity index (χ0v) is 11.2. The highest BCUT2D eigenvalue weighted by atomic mass is 35.5. The van der Waals surface area contributed by atoms with E-state index in [1.807, 2.05) is 0 Å². The van der Waals surface area contributed by atoms with Crippen LogP contribution in [0.3, 0.4) is 0 Å². The molecule has 1 aliphatic rings. The first-order valence-electron chi connectivity index (χ1n) is 5.81. The quantitative estimate of drug-likeness (QED) is 0.485. The molecule has 19 heavy (non-hydrogen) atoms. The third-order valence-corrected chi connectivity index (χ3v) is 3.42. The van der Waals surface area contributed by atoms with E-state index in [1.54, 1.807) is 19.1 Å². The van der Waals surface area contributed by atoms with E-state index in [0.717, 1.165) is 0 Å². The number of halogens is 1. The van der Waals surface area contributed by atoms with Crippen LogP contribution >= 0.6 is 11.6 Å². The zero-order chi connectivity index (χ0) is 14.2. The van der Waals surface area contributed by atoms with Gasteiger partial charge in [-0.1, -0.05) is 17.7 Å². The average molecular weight is 281 g/mol. The largest absolute Gasteiger partial charge is 0.306 e. The van der Waals surface area contributed by atoms with Crippen molar-refractivity contribution in [2.45, 2.75) is 13.3 Å². The molecule has 0 bridgehead atoms. The van der Waals surface area contributed by atoms with Crippen LogP contribution in [0.1, 0.15) is 12.0 Å². The van der Waals surface area contributed by atoms with Crippen LogP contribution in [0, 0.1) is 23.0 Å². The fraction of sp³-hybridized carbons (Fsp3) is 0.308. The zero-order valence-electron chi connectivity index (χ0n) is 10.4. The van der Waals surface area contributed by atoms with Gasteiger partial charge in [0.25, 0.3) is 5.69 Å². The number of aryl methyl sites for hydroxylation is 1. The summed E-state index contributed by atoms with van der Waals surface area (Å²) in [4.78, 5) is 24.1. The van der Waals surface area contributed by atoms with Crippen molar-refractivity contribution in [1.29, 1.82) is 0 Å². The summed E-state index contributed by atoms with van der Waals surface area (Å²) >= 11 is 5.84. The molecule has 1 aromatic rings. The lowest BCUT2D eigenvalue weighted by Crippen LogP contribution is -2.26. The number of carbonyl (C=O) groups excluding carboxylic acids is 1. The fourth-order valence-electron chi connectivity index (χ4n) is 2.32. The fourth-order valence-corrected chi connectivity index (χ4v) is 2.58. The molecule has 0 saturated carbocycles. The van der Waals surface area contributed by atoms with Crippen LogP contribution in [0.15, 0.2) is 24.8 Å². The third kappa shape index (κ3) is 2.46. The van der Waals surface area contributed by atoms with Gasteiger partial charge in [0.2, 0.25) is 5.91 Å². The van der Waals surface area contributed by atoms with E-state index in [1.165, 1.54) is 11.0 Å². The molecule has 0 radical (unpaired) electrons. The number of hydrogen-bond acceptors (Lipinski definition) is 3. The topological polar surface area (TPSA) is 63.5 Å². The molecular weight excluding hydrogens is 268 g/mol. The van der Waals surface area contributed by atoms with Crippen molar-refractivity contribution >= 4 is 28.9 Å². The van der Waals surface area contributed by atoms with Crippen LogP contribution in [-0.2, 0) is 4.79 Å². The molecule has 1 aliphatic heterocycles. The standard InChI is InChI=1S/C13H13ClN2O3/c1-3-9-5-12(17)15(7-9)13-8(2)4-10(14)6-11(13)16(18)19/h3-4,6,9H,1,5,7H2,2H3. The number of nitro benzene ring substituents is 1. The number of hydrogen-bond donors (Lipinski definition) is 0. The molecule has 1 aromatic carbocycles. The van der Waals surface area contributed by atoms with Crippen LogP contribution in [-0.4, -0.2) is 17.4 Å². The SMILES string of the molecule is C=CC1CC(=O)N(c2c(C)cc(Cl)cc2[N+](=O)[O-])C1. The van der Waals surface area contributed by atoms with E-state index in [4.69, 9.17) is 11.6 Å². The van der Waals surface area contributed by atoms with Crippen molar-refractivity contribution in [3.63, 3.8) is 0 Å². The molecule has 0 N–H and O–H groups in total. The Morgan fingerprint density at radius 3 is 2.79 bits per heavy atom. The number of nitro groups is 1. The molecule has 0 aromatic heterocycles. The van der Waals surface area contributed by atoms with Gasteiger partial charge >= 0.3 is 0 Å². The first-order chi connectivity index (χ1) is 8.93. The smallest absolute Gasteiger partial charge is 0.294 e. The first-order valence-corrected chi connectivity index (χ1v) is 6.19. The number of nitrogens with zero attached hydrogens (tertiary/aromatic N) is 2. The molecule has 1 amide bonds. The molecular formula is C13H13ClN2O3. The Morgan fingerprint density at radius 1 is 1.58 bits per heavy atom. The highest BCUT2D eigenvalue weighted by molar-refractivity contribution is 6.31. The van der Waals surface area contributed by atoms with Crippen LogP contribution in [0.2, 0.25) is 5.02 Å². The van der Waals surface area contributed by atoms with E-state index < -0.39 is 4.92 Å². The summed E-state index contributed by atoms with van der Waals surface area (Å²) in [6, 6.07) is 2.90. The summed E-state index contributed by atoms with van der Waals surface area (Å²) < 4.78 is 0. The summed E-state index contributed by atoms with van der Waals surface area (Å²) in [5, 5.41) is 11.4. The van der Waals surface area contributed by atoms with Gasteiger partial charge in [-0.25, -0.2) is 0 Å². The highest BCUT2D eigenvalue weighted by Gasteiger charge is 2.34. The van der Waals surface area contributed by atoms with Crippen molar-refractivity contribution in [3.8, 4) is 0 Å². The Kier molecular flexibility index (Phi) is 3.57. The summed E-state index contributed by atoms with van der Waals surface area (Å²) in [7, 11) is 0. The summed E-state index contributed by atoms with van der Waals surface area (Å²) in [6.45, 7) is 5.80. The van der Waals surface area contributed by atoms with Crippen LogP contribution in [0.5, 0.6) is 0 Å². The van der Waals surface area contributed by atoms with Gasteiger partial charge in [0.1, 0.15) is 5.69 Å². The van der Waals surface area contributed by atoms with Gasteiger partial charge in [-0.2, -0.15) is 0 Å². The number of benzene rings is 1. The van der Waals surface area contributed by atoms with Crippen LogP contribution in [0.4, 0.5) is 11.4 Å². The van der Waals surface area contributed by atoms with Crippen LogP contribution in [0.25, 0.3) is 0 Å². The Bertz CT molecular complexity index is 571. The van der Waals surface area contributed by atoms with E-state index in [2.05, 4.69) is 6.58 Å². The third-order valence-electron chi connectivity index (χ3n) is 3.20. The predicted molar refractivity (Wildman–Crippen MR) is 73.5 cm³/mol. The molecule has 1 fully saturated rings. The Hall–Kier alpha value is -1.88. The summed E-state index contributed by atoms with van der Waals surface area (Å²) in [6.07, 6.45) is 2.04. The minimum absolute atomic E-state index is 0.0298. The lowest BCUT2D eigenvalue weighted by atomic mass is 10.1. The van der Waals surface area contributed by atoms with Gasteiger partial charge < -0.3 is 4.90 Å². The molecule has 0 spiro atoms. The molecule has 1 saturated heterocycles. The number of rotatable bonds is 3. The number of anilines is 1. The van der Waals surface area contributed by atoms with Crippen molar-refractivity contribution in [2.75, 3.05) is 11.4 Å².